The van der Waals surface area contributed by atoms with Crippen molar-refractivity contribution in [3.05, 3.63) is 22.8 Å². The highest BCUT2D eigenvalue weighted by atomic mass is 35.5. The lowest BCUT2D eigenvalue weighted by Crippen LogP contribution is -2.26. The zero-order valence-electron chi connectivity index (χ0n) is 11.5. The van der Waals surface area contributed by atoms with Crippen molar-refractivity contribution in [1.82, 2.24) is 10.3 Å². The molecule has 2 rings (SSSR count). The summed E-state index contributed by atoms with van der Waals surface area (Å²) in [7, 11) is 0. The Labute approximate surface area is 124 Å². The summed E-state index contributed by atoms with van der Waals surface area (Å²) in [6.07, 6.45) is 7.63. The third-order valence-corrected chi connectivity index (χ3v) is 3.96. The van der Waals surface area contributed by atoms with Crippen LogP contribution in [0.1, 0.15) is 48.9 Å². The van der Waals surface area contributed by atoms with Crippen molar-refractivity contribution in [3.63, 3.8) is 0 Å². The van der Waals surface area contributed by atoms with E-state index in [1.807, 2.05) is 0 Å². The molecule has 1 heterocycles. The predicted molar refractivity (Wildman–Crippen MR) is 80.6 cm³/mol. The van der Waals surface area contributed by atoms with E-state index in [0.29, 0.717) is 17.9 Å². The molecule has 0 spiro atoms. The lowest BCUT2D eigenvalue weighted by molar-refractivity contribution is 0.0950. The van der Waals surface area contributed by atoms with E-state index in [1.165, 1.54) is 32.1 Å². The number of carbonyl (C=O) groups is 1. The average Bonchev–Trinajstić information content (AvgIpc) is 2.47. The van der Waals surface area contributed by atoms with Gasteiger partial charge in [0.2, 0.25) is 0 Å². The molecule has 6 heteroatoms. The van der Waals surface area contributed by atoms with Gasteiger partial charge in [-0.3, -0.25) is 4.79 Å². The number of halogens is 1. The van der Waals surface area contributed by atoms with Gasteiger partial charge in [0.25, 0.3) is 5.91 Å². The molecule has 0 saturated heterocycles. The second-order valence-corrected chi connectivity index (χ2v) is 5.64. The highest BCUT2D eigenvalue weighted by molar-refractivity contribution is 6.29. The maximum atomic E-state index is 12.0. The Balaban J connectivity index is 1.83. The molecule has 1 saturated carbocycles. The fourth-order valence-electron chi connectivity index (χ4n) is 2.67. The number of nitrogens with one attached hydrogen (secondary N) is 2. The van der Waals surface area contributed by atoms with E-state index in [4.69, 9.17) is 17.4 Å². The van der Waals surface area contributed by atoms with Gasteiger partial charge in [-0.15, -0.1) is 0 Å². The number of nitrogens with zero attached hydrogens (tertiary/aromatic N) is 1. The van der Waals surface area contributed by atoms with Crippen LogP contribution in [0, 0.1) is 5.92 Å². The summed E-state index contributed by atoms with van der Waals surface area (Å²) in [5.74, 6) is 6.29. The first-order chi connectivity index (χ1) is 9.69. The van der Waals surface area contributed by atoms with Gasteiger partial charge in [0.1, 0.15) is 11.0 Å². The lowest BCUT2D eigenvalue weighted by Gasteiger charge is -2.21. The van der Waals surface area contributed by atoms with E-state index < -0.39 is 0 Å². The van der Waals surface area contributed by atoms with Crippen LogP contribution in [-0.4, -0.2) is 17.4 Å². The van der Waals surface area contributed by atoms with Gasteiger partial charge in [0, 0.05) is 12.1 Å². The molecule has 1 aliphatic rings. The topological polar surface area (TPSA) is 80.0 Å². The van der Waals surface area contributed by atoms with Crippen molar-refractivity contribution in [2.24, 2.45) is 11.8 Å². The number of hydrazine groups is 1. The van der Waals surface area contributed by atoms with E-state index in [9.17, 15) is 4.79 Å². The summed E-state index contributed by atoms with van der Waals surface area (Å²) in [6, 6.07) is 3.13. The second kappa shape index (κ2) is 7.45. The predicted octanol–water partition coefficient (Wildman–Crippen LogP) is 2.72. The maximum absolute atomic E-state index is 12.0. The monoisotopic (exact) mass is 296 g/mol. The van der Waals surface area contributed by atoms with Gasteiger partial charge < -0.3 is 10.7 Å². The number of hydrogen-bond acceptors (Lipinski definition) is 4. The number of amides is 1. The molecule has 1 aromatic heterocycles. The Kier molecular flexibility index (Phi) is 5.61. The quantitative estimate of drug-likeness (QED) is 0.443. The van der Waals surface area contributed by atoms with Crippen LogP contribution in [0.2, 0.25) is 5.15 Å². The van der Waals surface area contributed by atoms with E-state index >= 15 is 0 Å². The Morgan fingerprint density at radius 3 is 2.80 bits per heavy atom. The average molecular weight is 297 g/mol. The number of hydrogen-bond donors (Lipinski definition) is 3. The molecule has 0 radical (unpaired) electrons. The molecule has 1 amide bonds. The molecular weight excluding hydrogens is 276 g/mol. The first kappa shape index (κ1) is 15.1. The summed E-state index contributed by atoms with van der Waals surface area (Å²) in [4.78, 5) is 16.0. The van der Waals surface area contributed by atoms with Crippen LogP contribution in [0.3, 0.4) is 0 Å². The molecule has 5 nitrogen and oxygen atoms in total. The normalized spacial score (nSPS) is 15.9. The SMILES string of the molecule is NNc1cc(C(=O)NCCC2CCCCC2)cc(Cl)n1. The van der Waals surface area contributed by atoms with E-state index in [0.717, 1.165) is 12.3 Å². The summed E-state index contributed by atoms with van der Waals surface area (Å²) >= 11 is 5.84. The zero-order valence-corrected chi connectivity index (χ0v) is 12.2. The smallest absolute Gasteiger partial charge is 0.251 e. The molecule has 0 atom stereocenters. The first-order valence-electron chi connectivity index (χ1n) is 7.11. The number of carbonyl (C=O) groups excluding carboxylic acids is 1. The summed E-state index contributed by atoms with van der Waals surface area (Å²) < 4.78 is 0. The fraction of sp³-hybridized carbons (Fsp3) is 0.571. The molecule has 0 unspecified atom stereocenters. The second-order valence-electron chi connectivity index (χ2n) is 5.26. The molecule has 20 heavy (non-hydrogen) atoms. The van der Waals surface area contributed by atoms with Crippen LogP contribution < -0.4 is 16.6 Å². The van der Waals surface area contributed by atoms with Crippen LogP contribution >= 0.6 is 11.6 Å². The van der Waals surface area contributed by atoms with E-state index in [-0.39, 0.29) is 11.1 Å². The minimum atomic E-state index is -0.137. The fourth-order valence-corrected chi connectivity index (χ4v) is 2.88. The Morgan fingerprint density at radius 2 is 2.10 bits per heavy atom. The molecule has 110 valence electrons. The van der Waals surface area contributed by atoms with Crippen LogP contribution in [-0.2, 0) is 0 Å². The van der Waals surface area contributed by atoms with Crippen molar-refractivity contribution in [3.8, 4) is 0 Å². The molecule has 1 aromatic rings. The van der Waals surface area contributed by atoms with Gasteiger partial charge in [-0.05, 0) is 24.5 Å². The summed E-state index contributed by atoms with van der Waals surface area (Å²) in [5, 5.41) is 3.18. The summed E-state index contributed by atoms with van der Waals surface area (Å²) in [6.45, 7) is 0.703. The Morgan fingerprint density at radius 1 is 1.35 bits per heavy atom. The molecule has 0 aliphatic heterocycles. The number of anilines is 1. The van der Waals surface area contributed by atoms with Crippen LogP contribution in [0.4, 0.5) is 5.82 Å². The van der Waals surface area contributed by atoms with Gasteiger partial charge in [0.05, 0.1) is 0 Å². The van der Waals surface area contributed by atoms with Gasteiger partial charge in [-0.25, -0.2) is 10.8 Å². The molecule has 4 N–H and O–H groups in total. The third kappa shape index (κ3) is 4.35. The summed E-state index contributed by atoms with van der Waals surface area (Å²) in [5.41, 5.74) is 2.87. The van der Waals surface area contributed by atoms with Crippen LogP contribution in [0.5, 0.6) is 0 Å². The Hall–Kier alpha value is -1.33. The van der Waals surface area contributed by atoms with E-state index in [1.54, 1.807) is 12.1 Å². The third-order valence-electron chi connectivity index (χ3n) is 3.77. The Bertz CT molecular complexity index is 460. The van der Waals surface area contributed by atoms with E-state index in [2.05, 4.69) is 15.7 Å². The number of nitrogen functional groups attached to an aromatic ring is 1. The number of aromatic nitrogens is 1. The van der Waals surface area contributed by atoms with Gasteiger partial charge in [0.15, 0.2) is 0 Å². The van der Waals surface area contributed by atoms with Crippen LogP contribution in [0.15, 0.2) is 12.1 Å². The largest absolute Gasteiger partial charge is 0.352 e. The number of nitrogens with two attached hydrogens (primary N) is 1. The standard InChI is InChI=1S/C14H21ClN4O/c15-12-8-11(9-13(18-12)19-16)14(20)17-7-6-10-4-2-1-3-5-10/h8-10H,1-7,16H2,(H,17,20)(H,18,19). The minimum Gasteiger partial charge on any atom is -0.352 e. The van der Waals surface area contributed by atoms with Crippen molar-refractivity contribution in [2.45, 2.75) is 38.5 Å². The van der Waals surface area contributed by atoms with Crippen LogP contribution in [0.25, 0.3) is 0 Å². The first-order valence-corrected chi connectivity index (χ1v) is 7.49. The number of pyridine rings is 1. The molecular formula is C14H21ClN4O. The number of rotatable bonds is 5. The molecule has 0 aromatic carbocycles. The van der Waals surface area contributed by atoms with Crippen molar-refractivity contribution < 1.29 is 4.79 Å². The molecule has 1 aliphatic carbocycles. The van der Waals surface area contributed by atoms with Crippen molar-refractivity contribution in [1.29, 1.82) is 0 Å². The van der Waals surface area contributed by atoms with Gasteiger partial charge >= 0.3 is 0 Å². The minimum absolute atomic E-state index is 0.137. The highest BCUT2D eigenvalue weighted by Gasteiger charge is 2.14. The molecule has 0 bridgehead atoms. The maximum Gasteiger partial charge on any atom is 0.251 e. The highest BCUT2D eigenvalue weighted by Crippen LogP contribution is 2.25. The lowest BCUT2D eigenvalue weighted by atomic mass is 9.87. The molecule has 1 fully saturated rings. The zero-order chi connectivity index (χ0) is 14.4. The van der Waals surface area contributed by atoms with Gasteiger partial charge in [-0.2, -0.15) is 0 Å². The van der Waals surface area contributed by atoms with Crippen molar-refractivity contribution >= 4 is 23.3 Å². The van der Waals surface area contributed by atoms with Gasteiger partial charge in [-0.1, -0.05) is 43.7 Å². The van der Waals surface area contributed by atoms with Crippen molar-refractivity contribution in [2.75, 3.05) is 12.0 Å².